The Kier molecular flexibility index (Phi) is 18.7. The number of thiol groups is 1. The highest BCUT2D eigenvalue weighted by Crippen LogP contribution is 2.14. The van der Waals surface area contributed by atoms with Gasteiger partial charge in [-0.15, -0.1) is 0 Å². The molecule has 2 aromatic heterocycles. The van der Waals surface area contributed by atoms with E-state index in [1.807, 2.05) is 0 Å². The van der Waals surface area contributed by atoms with Gasteiger partial charge in [0.1, 0.15) is 5.78 Å². The highest BCUT2D eigenvalue weighted by atomic mass is 32.1. The van der Waals surface area contributed by atoms with Crippen molar-refractivity contribution in [3.05, 3.63) is 85.8 Å². The van der Waals surface area contributed by atoms with Crippen LogP contribution in [0.25, 0.3) is 11.2 Å². The molecule has 8 radical (unpaired) electrons. The summed E-state index contributed by atoms with van der Waals surface area (Å²) in [7, 11) is 0. The number of hydrogen-bond acceptors (Lipinski definition) is 14. The number of guanidine groups is 1. The second-order valence-corrected chi connectivity index (χ2v) is 13.3. The number of nitrogens with two attached hydrogens (primary N) is 3. The van der Waals surface area contributed by atoms with Crippen LogP contribution in [0.5, 0.6) is 0 Å². The van der Waals surface area contributed by atoms with E-state index in [1.54, 1.807) is 30.7 Å². The first-order chi connectivity index (χ1) is 27.6. The van der Waals surface area contributed by atoms with E-state index in [-0.39, 0.29) is 80.5 Å². The fourth-order valence-electron chi connectivity index (χ4n) is 5.13. The summed E-state index contributed by atoms with van der Waals surface area (Å²) in [4.78, 5) is 107. The zero-order valence-corrected chi connectivity index (χ0v) is 32.4. The maximum atomic E-state index is 13.2. The zero-order chi connectivity index (χ0) is 42.8. The van der Waals surface area contributed by atoms with Gasteiger partial charge in [0.15, 0.2) is 28.7 Å². The van der Waals surface area contributed by atoms with Crippen molar-refractivity contribution in [2.45, 2.75) is 63.6 Å². The van der Waals surface area contributed by atoms with E-state index in [4.69, 9.17) is 38.0 Å². The Labute approximate surface area is 341 Å². The van der Waals surface area contributed by atoms with Gasteiger partial charge in [-0.3, -0.25) is 43.5 Å². The molecule has 58 heavy (non-hydrogen) atoms. The number of benzene rings is 1. The summed E-state index contributed by atoms with van der Waals surface area (Å²) >= 11 is 3.98. The maximum Gasteiger partial charge on any atom is 0.280 e. The van der Waals surface area contributed by atoms with Crippen LogP contribution in [0.4, 0.5) is 11.6 Å². The van der Waals surface area contributed by atoms with Crippen molar-refractivity contribution in [2.75, 3.05) is 23.3 Å². The number of fused-ring (bicyclic) bond motifs is 1. The minimum absolute atomic E-state index is 0.0232. The summed E-state index contributed by atoms with van der Waals surface area (Å²) in [5.41, 5.74) is 17.4. The van der Waals surface area contributed by atoms with Gasteiger partial charge in [-0.25, -0.2) is 9.97 Å². The highest BCUT2D eigenvalue weighted by Gasteiger charge is 2.28. The summed E-state index contributed by atoms with van der Waals surface area (Å²) in [6.07, 6.45) is 2.55. The predicted molar refractivity (Wildman–Crippen MR) is 218 cm³/mol. The zero-order valence-electron chi connectivity index (χ0n) is 31.5. The molecule has 0 unspecified atom stereocenters. The van der Waals surface area contributed by atoms with Gasteiger partial charge in [0.05, 0.1) is 30.5 Å². The van der Waals surface area contributed by atoms with Crippen LogP contribution in [0, 0.1) is 45.6 Å². The number of aromatic amines is 1. The fourth-order valence-corrected chi connectivity index (χ4v) is 5.26. The van der Waals surface area contributed by atoms with Crippen molar-refractivity contribution in [1.82, 2.24) is 35.9 Å². The number of Topliss-reactive ketones (excluding diaryl/α,β-unsaturated/α-hetero) is 3. The van der Waals surface area contributed by atoms with Gasteiger partial charge >= 0.3 is 0 Å². The first kappa shape index (κ1) is 46.5. The van der Waals surface area contributed by atoms with E-state index >= 15 is 0 Å². The summed E-state index contributed by atoms with van der Waals surface area (Å²) < 4.78 is 0. The summed E-state index contributed by atoms with van der Waals surface area (Å²) in [5.74, 6) is -6.13. The normalized spacial score (nSPS) is 13.0. The van der Waals surface area contributed by atoms with Gasteiger partial charge in [0.25, 0.3) is 11.5 Å². The van der Waals surface area contributed by atoms with Crippen molar-refractivity contribution in [2.24, 2.45) is 28.3 Å². The highest BCUT2D eigenvalue weighted by molar-refractivity contribution is 7.80. The third-order valence-corrected chi connectivity index (χ3v) is 8.48. The Morgan fingerprint density at radius 3 is 2.33 bits per heavy atom. The molecule has 0 aliphatic heterocycles. The number of carbonyl (C=O) groups excluding carboxylic acids is 6. The molecule has 0 saturated carbocycles. The van der Waals surface area contributed by atoms with Crippen molar-refractivity contribution < 1.29 is 28.8 Å². The predicted octanol–water partition coefficient (Wildman–Crippen LogP) is -0.0202. The molecule has 2 heterocycles. The molecule has 306 valence electrons. The molecule has 19 nitrogen and oxygen atoms in total. The first-order valence-corrected chi connectivity index (χ1v) is 18.6. The molecule has 3 aromatic rings. The Hall–Kier alpha value is -5.92. The average molecular weight is 815 g/mol. The third-order valence-electron chi connectivity index (χ3n) is 8.22. The lowest BCUT2D eigenvalue weighted by Crippen LogP contribution is -2.46. The molecule has 0 aliphatic rings. The second kappa shape index (κ2) is 23.3. The van der Waals surface area contributed by atoms with E-state index in [0.29, 0.717) is 22.7 Å². The minimum atomic E-state index is -1.39. The number of nitrogens with zero attached hydrogens (tertiary/aromatic N) is 4. The van der Waals surface area contributed by atoms with Crippen molar-refractivity contribution in [3.8, 4) is 0 Å². The lowest BCUT2D eigenvalue weighted by Gasteiger charge is -2.22. The van der Waals surface area contributed by atoms with Gasteiger partial charge in [-0.2, -0.15) is 17.6 Å². The van der Waals surface area contributed by atoms with Crippen molar-refractivity contribution in [1.29, 1.82) is 0 Å². The first-order valence-electron chi connectivity index (χ1n) is 18.0. The van der Waals surface area contributed by atoms with Crippen LogP contribution in [0.1, 0.15) is 61.0 Å². The van der Waals surface area contributed by atoms with E-state index in [1.165, 1.54) is 12.7 Å². The third kappa shape index (κ3) is 15.5. The lowest BCUT2D eigenvalue weighted by atomic mass is 9.95. The molecular weight excluding hydrogens is 769 g/mol. The number of aromatic nitrogens is 4. The number of carbonyl (C=O) groups is 6. The number of nitrogen functional groups attached to an aromatic ring is 1. The topological polar surface area (TPSA) is 312 Å². The molecule has 0 saturated heterocycles. The molecule has 0 fully saturated rings. The Bertz CT molecular complexity index is 2000. The van der Waals surface area contributed by atoms with Gasteiger partial charge in [0.2, 0.25) is 17.8 Å². The van der Waals surface area contributed by atoms with E-state index in [9.17, 15) is 33.6 Å². The molecule has 0 spiro atoms. The molecule has 4 atom stereocenters. The van der Waals surface area contributed by atoms with Crippen molar-refractivity contribution >= 4 is 76.5 Å². The monoisotopic (exact) mass is 814 g/mol. The van der Waals surface area contributed by atoms with Gasteiger partial charge in [-0.1, -0.05) is 0 Å². The van der Waals surface area contributed by atoms with Crippen molar-refractivity contribution in [3.63, 3.8) is 0 Å². The number of amides is 3. The molecule has 0 bridgehead atoms. The van der Waals surface area contributed by atoms with Crippen LogP contribution in [-0.4, -0.2) is 85.3 Å². The van der Waals surface area contributed by atoms with E-state index < -0.39 is 65.2 Å². The van der Waals surface area contributed by atoms with E-state index in [2.05, 4.69) is 58.8 Å². The van der Waals surface area contributed by atoms with Crippen LogP contribution in [0.15, 0.2) is 40.2 Å². The standard InChI is InChI=1S/C38H46N12O7S/c1-21(34(55)48-28(8-5-15-43-37(39)40)30(53)18-22(2)33(54)46-23(3)29(52)9-6-16-58)17-27(51)7-4-14-42-35(56)24-10-12-25(13-11-24)44-19-26-20-45-32-31(47-26)36(57)50-38(41)49-32/h1-3,6,10-14,20-23,28,44,58H,4-5,7-9,15-19H2,(H,42,56)(H,46,54)(H,48,55)(H4,39,40,43)(H3,41,45,49,50,57)/t21-,22-,23+,28+/m0/s1. The number of anilines is 2. The summed E-state index contributed by atoms with van der Waals surface area (Å²) in [6.45, 7) is 19.4. The number of rotatable bonds is 25. The minimum Gasteiger partial charge on any atom is -0.379 e. The van der Waals surface area contributed by atoms with Crippen LogP contribution in [-0.2, 0) is 30.5 Å². The molecule has 11 N–H and O–H groups in total. The summed E-state index contributed by atoms with van der Waals surface area (Å²) in [6, 6.07) is 4.03. The van der Waals surface area contributed by atoms with Gasteiger partial charge in [0, 0.05) is 61.9 Å². The number of H-pyrrole nitrogens is 1. The van der Waals surface area contributed by atoms with Crippen LogP contribution in [0.3, 0.4) is 0 Å². The average Bonchev–Trinajstić information content (AvgIpc) is 3.18. The Morgan fingerprint density at radius 2 is 1.64 bits per heavy atom. The van der Waals surface area contributed by atoms with E-state index in [0.717, 1.165) is 0 Å². The number of nitrogens with one attached hydrogen (secondary N) is 5. The van der Waals surface area contributed by atoms with Crippen LogP contribution >= 0.6 is 12.6 Å². The molecule has 20 heteroatoms. The number of ketones is 3. The SMILES string of the molecule is [CH][C@@H](CC(=O)[C@@H](CCCN=C(N)N)NC(=O)[C@@H]([CH])CC(=O)CC[CH]NC(=O)c1ccc(NCc2cnc3nc(N)[nH]c(=O)c3n2)cc1)C(=O)N[C@H]([CH])C(=O)C[CH]CS. The van der Waals surface area contributed by atoms with Crippen LogP contribution < -0.4 is 44.0 Å². The van der Waals surface area contributed by atoms with Gasteiger partial charge < -0.3 is 38.5 Å². The maximum absolute atomic E-state index is 13.2. The molecular formula is C38H46N12O7S. The molecule has 1 aromatic carbocycles. The van der Waals surface area contributed by atoms with Crippen LogP contribution in [0.2, 0.25) is 0 Å². The summed E-state index contributed by atoms with van der Waals surface area (Å²) in [5, 5.41) is 10.5. The smallest absolute Gasteiger partial charge is 0.280 e. The number of hydrogen-bond donors (Lipinski definition) is 9. The second-order valence-electron chi connectivity index (χ2n) is 12.9. The number of aliphatic imine (C=N–C) groups is 1. The largest absolute Gasteiger partial charge is 0.379 e. The molecule has 0 aliphatic carbocycles. The fraction of sp³-hybridized carbons (Fsp3) is 0.368. The lowest BCUT2D eigenvalue weighted by molar-refractivity contribution is -0.133. The Balaban J connectivity index is 1.43. The molecule has 3 amide bonds. The Morgan fingerprint density at radius 1 is 0.948 bits per heavy atom. The molecule has 3 rings (SSSR count). The quantitative estimate of drug-likeness (QED) is 0.0235. The van der Waals surface area contributed by atoms with Gasteiger partial charge in [-0.05, 0) is 76.5 Å².